The molecule has 1 saturated heterocycles. The van der Waals surface area contributed by atoms with Gasteiger partial charge < -0.3 is 9.47 Å². The molecule has 1 aliphatic carbocycles. The third-order valence-corrected chi connectivity index (χ3v) is 4.44. The zero-order valence-corrected chi connectivity index (χ0v) is 12.3. The Morgan fingerprint density at radius 2 is 1.86 bits per heavy atom. The minimum atomic E-state index is -0.176. The van der Waals surface area contributed by atoms with Crippen LogP contribution in [0.1, 0.15) is 16.7 Å². The van der Waals surface area contributed by atoms with E-state index in [1.165, 1.54) is 5.56 Å². The highest BCUT2D eigenvalue weighted by Crippen LogP contribution is 2.42. The van der Waals surface area contributed by atoms with E-state index in [0.717, 1.165) is 34.4 Å². The zero-order valence-electron chi connectivity index (χ0n) is 12.3. The summed E-state index contributed by atoms with van der Waals surface area (Å²) in [4.78, 5) is 12.2. The summed E-state index contributed by atoms with van der Waals surface area (Å²) in [6.45, 7) is 0.488. The molecule has 0 spiro atoms. The molecule has 3 nitrogen and oxygen atoms in total. The van der Waals surface area contributed by atoms with E-state index < -0.39 is 0 Å². The lowest BCUT2D eigenvalue weighted by molar-refractivity contribution is -0.135. The molecule has 2 aliphatic rings. The molecule has 0 aromatic heterocycles. The topological polar surface area (TPSA) is 35.5 Å². The number of fused-ring (bicyclic) bond motifs is 2. The molecule has 22 heavy (non-hydrogen) atoms. The van der Waals surface area contributed by atoms with Crippen LogP contribution in [0.2, 0.25) is 0 Å². The van der Waals surface area contributed by atoms with Gasteiger partial charge in [0.15, 0.2) is 0 Å². The van der Waals surface area contributed by atoms with Gasteiger partial charge in [-0.05, 0) is 35.2 Å². The highest BCUT2D eigenvalue weighted by atomic mass is 16.5. The molecule has 1 unspecified atom stereocenters. The van der Waals surface area contributed by atoms with E-state index in [4.69, 9.17) is 9.47 Å². The minimum absolute atomic E-state index is 0.166. The molecule has 0 N–H and O–H groups in total. The van der Waals surface area contributed by atoms with E-state index in [-0.39, 0.29) is 11.9 Å². The number of ether oxygens (including phenoxy) is 2. The molecular formula is C19H16O3. The number of cyclic esters (lactones) is 1. The summed E-state index contributed by atoms with van der Waals surface area (Å²) in [6.07, 6.45) is 0.872. The highest BCUT2D eigenvalue weighted by molar-refractivity contribution is 6.05. The van der Waals surface area contributed by atoms with Gasteiger partial charge in [0.1, 0.15) is 5.75 Å². The largest absolute Gasteiger partial charge is 0.497 e. The van der Waals surface area contributed by atoms with E-state index in [1.54, 1.807) is 7.11 Å². The Kier molecular flexibility index (Phi) is 3.00. The standard InChI is InChI=1S/C19H16O3/c1-21-15-8-6-12(7-9-15)17-16-5-3-2-4-13(16)10-14-11-22-19(20)18(14)17/h2-9,14H,10-11H2,1H3. The number of hydrogen-bond acceptors (Lipinski definition) is 3. The maximum atomic E-state index is 12.2. The van der Waals surface area contributed by atoms with Gasteiger partial charge in [-0.3, -0.25) is 0 Å². The second-order valence-corrected chi connectivity index (χ2v) is 5.67. The van der Waals surface area contributed by atoms with Crippen molar-refractivity contribution in [3.63, 3.8) is 0 Å². The Morgan fingerprint density at radius 3 is 2.64 bits per heavy atom. The number of carbonyl (C=O) groups excluding carboxylic acids is 1. The summed E-state index contributed by atoms with van der Waals surface area (Å²) in [5.41, 5.74) is 5.28. The van der Waals surface area contributed by atoms with Crippen molar-refractivity contribution in [2.75, 3.05) is 13.7 Å². The first-order valence-corrected chi connectivity index (χ1v) is 7.42. The molecule has 3 heteroatoms. The molecule has 0 bridgehead atoms. The summed E-state index contributed by atoms with van der Waals surface area (Å²) >= 11 is 0. The second-order valence-electron chi connectivity index (χ2n) is 5.67. The molecule has 1 heterocycles. The molecule has 0 radical (unpaired) electrons. The van der Waals surface area contributed by atoms with Crippen LogP contribution >= 0.6 is 0 Å². The predicted molar refractivity (Wildman–Crippen MR) is 83.6 cm³/mol. The fourth-order valence-corrected chi connectivity index (χ4v) is 3.39. The molecule has 110 valence electrons. The van der Waals surface area contributed by atoms with E-state index in [0.29, 0.717) is 6.61 Å². The number of rotatable bonds is 2. The van der Waals surface area contributed by atoms with Crippen LogP contribution < -0.4 is 4.74 Å². The highest BCUT2D eigenvalue weighted by Gasteiger charge is 2.38. The predicted octanol–water partition coefficient (Wildman–Crippen LogP) is 3.23. The Balaban J connectivity index is 1.94. The van der Waals surface area contributed by atoms with Gasteiger partial charge in [0.05, 0.1) is 19.3 Å². The van der Waals surface area contributed by atoms with Crippen LogP contribution in [0.4, 0.5) is 0 Å². The quantitative estimate of drug-likeness (QED) is 0.797. The van der Waals surface area contributed by atoms with Gasteiger partial charge >= 0.3 is 5.97 Å². The van der Waals surface area contributed by atoms with Gasteiger partial charge in [-0.1, -0.05) is 36.4 Å². The lowest BCUT2D eigenvalue weighted by Gasteiger charge is -2.24. The van der Waals surface area contributed by atoms with Crippen LogP contribution in [0, 0.1) is 5.92 Å². The molecule has 0 amide bonds. The molecule has 2 aromatic carbocycles. The Bertz CT molecular complexity index is 772. The summed E-state index contributed by atoms with van der Waals surface area (Å²) in [6, 6.07) is 16.2. The summed E-state index contributed by atoms with van der Waals surface area (Å²) in [5, 5.41) is 0. The first-order chi connectivity index (χ1) is 10.8. The Labute approximate surface area is 129 Å². The smallest absolute Gasteiger partial charge is 0.335 e. The van der Waals surface area contributed by atoms with Crippen molar-refractivity contribution in [2.24, 2.45) is 5.92 Å². The van der Waals surface area contributed by atoms with Gasteiger partial charge in [0.2, 0.25) is 0 Å². The van der Waals surface area contributed by atoms with Gasteiger partial charge in [-0.15, -0.1) is 0 Å². The number of hydrogen-bond donors (Lipinski definition) is 0. The summed E-state index contributed by atoms with van der Waals surface area (Å²) in [7, 11) is 1.65. The number of esters is 1. The average Bonchev–Trinajstić information content (AvgIpc) is 2.94. The van der Waals surface area contributed by atoms with Gasteiger partial charge in [0, 0.05) is 11.5 Å². The van der Waals surface area contributed by atoms with E-state index in [9.17, 15) is 4.79 Å². The molecule has 1 aliphatic heterocycles. The maximum Gasteiger partial charge on any atom is 0.335 e. The Hall–Kier alpha value is -2.55. The summed E-state index contributed by atoms with van der Waals surface area (Å²) < 4.78 is 10.5. The van der Waals surface area contributed by atoms with Crippen LogP contribution in [0.25, 0.3) is 5.57 Å². The van der Waals surface area contributed by atoms with Gasteiger partial charge in [-0.25, -0.2) is 4.79 Å². The second kappa shape index (κ2) is 5.02. The minimum Gasteiger partial charge on any atom is -0.497 e. The number of benzene rings is 2. The van der Waals surface area contributed by atoms with Crippen molar-refractivity contribution in [2.45, 2.75) is 6.42 Å². The normalized spacial score (nSPS) is 19.5. The van der Waals surface area contributed by atoms with Crippen molar-refractivity contribution in [1.29, 1.82) is 0 Å². The molecule has 2 aromatic rings. The zero-order chi connectivity index (χ0) is 15.1. The lowest BCUT2D eigenvalue weighted by Crippen LogP contribution is -2.17. The average molecular weight is 292 g/mol. The Morgan fingerprint density at radius 1 is 1.09 bits per heavy atom. The first kappa shape index (κ1) is 13.1. The molecular weight excluding hydrogens is 276 g/mol. The SMILES string of the molecule is COc1ccc(C2=C3C(=O)OCC3Cc3ccccc32)cc1. The lowest BCUT2D eigenvalue weighted by atomic mass is 9.77. The van der Waals surface area contributed by atoms with Crippen molar-refractivity contribution < 1.29 is 14.3 Å². The van der Waals surface area contributed by atoms with Crippen LogP contribution in [0.15, 0.2) is 54.1 Å². The van der Waals surface area contributed by atoms with Crippen molar-refractivity contribution in [1.82, 2.24) is 0 Å². The van der Waals surface area contributed by atoms with Crippen molar-refractivity contribution in [3.8, 4) is 5.75 Å². The molecule has 4 rings (SSSR count). The maximum absolute atomic E-state index is 12.2. The van der Waals surface area contributed by atoms with Crippen LogP contribution in [0.3, 0.4) is 0 Å². The van der Waals surface area contributed by atoms with Crippen molar-refractivity contribution in [3.05, 3.63) is 70.8 Å². The molecule has 1 atom stereocenters. The third-order valence-electron chi connectivity index (χ3n) is 4.44. The number of methoxy groups -OCH3 is 1. The molecule has 1 fully saturated rings. The van der Waals surface area contributed by atoms with Gasteiger partial charge in [0.25, 0.3) is 0 Å². The van der Waals surface area contributed by atoms with E-state index in [1.807, 2.05) is 36.4 Å². The summed E-state index contributed by atoms with van der Waals surface area (Å²) in [5.74, 6) is 0.800. The van der Waals surface area contributed by atoms with E-state index >= 15 is 0 Å². The van der Waals surface area contributed by atoms with Crippen LogP contribution in [0.5, 0.6) is 5.75 Å². The van der Waals surface area contributed by atoms with Crippen LogP contribution in [-0.2, 0) is 16.0 Å². The third kappa shape index (κ3) is 1.93. The fraction of sp³-hybridized carbons (Fsp3) is 0.211. The number of carbonyl (C=O) groups is 1. The molecule has 0 saturated carbocycles. The first-order valence-electron chi connectivity index (χ1n) is 7.42. The van der Waals surface area contributed by atoms with Crippen molar-refractivity contribution >= 4 is 11.5 Å². The van der Waals surface area contributed by atoms with Crippen LogP contribution in [-0.4, -0.2) is 19.7 Å². The fourth-order valence-electron chi connectivity index (χ4n) is 3.39. The monoisotopic (exact) mass is 292 g/mol. The van der Waals surface area contributed by atoms with Gasteiger partial charge in [-0.2, -0.15) is 0 Å². The van der Waals surface area contributed by atoms with E-state index in [2.05, 4.69) is 12.1 Å².